The summed E-state index contributed by atoms with van der Waals surface area (Å²) in [5.41, 5.74) is 8.09. The van der Waals surface area contributed by atoms with Crippen LogP contribution in [0.2, 0.25) is 0 Å². The average Bonchev–Trinajstić information content (AvgIpc) is 2.82. The van der Waals surface area contributed by atoms with E-state index in [4.69, 9.17) is 15.2 Å². The number of hydrogen-bond acceptors (Lipinski definition) is 7. The Morgan fingerprint density at radius 2 is 1.64 bits per heavy atom. The number of fused-ring (bicyclic) bond motifs is 1. The number of nitrogen functional groups attached to an aromatic ring is 1. The molecular weight excluding hydrogens is 446 g/mol. The van der Waals surface area contributed by atoms with E-state index in [0.717, 1.165) is 11.8 Å². The van der Waals surface area contributed by atoms with Gasteiger partial charge in [-0.05, 0) is 18.1 Å². The molecule has 3 aromatic rings. The van der Waals surface area contributed by atoms with Crippen LogP contribution >= 0.6 is 12.4 Å². The molecule has 33 heavy (non-hydrogen) atoms. The quantitative estimate of drug-likeness (QED) is 0.578. The highest BCUT2D eigenvalue weighted by Gasteiger charge is 2.23. The van der Waals surface area contributed by atoms with Crippen LogP contribution in [-0.2, 0) is 11.2 Å². The van der Waals surface area contributed by atoms with Crippen LogP contribution in [0.25, 0.3) is 10.9 Å². The van der Waals surface area contributed by atoms with Crippen molar-refractivity contribution in [2.24, 2.45) is 0 Å². The molecule has 10 heteroatoms. The topological polar surface area (TPSA) is 125 Å². The molecule has 0 atom stereocenters. The summed E-state index contributed by atoms with van der Waals surface area (Å²) in [5, 5.41) is 0.719. The summed E-state index contributed by atoms with van der Waals surface area (Å²) in [6, 6.07) is 13.7. The van der Waals surface area contributed by atoms with Gasteiger partial charge in [0, 0.05) is 44.1 Å². The van der Waals surface area contributed by atoms with E-state index in [1.165, 1.54) is 5.56 Å². The number of carbonyl (C=O) groups is 1. The van der Waals surface area contributed by atoms with E-state index in [1.807, 2.05) is 23.1 Å². The van der Waals surface area contributed by atoms with Crippen molar-refractivity contribution in [1.82, 2.24) is 14.9 Å². The fourth-order valence-corrected chi connectivity index (χ4v) is 3.82. The van der Waals surface area contributed by atoms with Crippen molar-refractivity contribution >= 4 is 41.0 Å². The Morgan fingerprint density at radius 1 is 1.00 bits per heavy atom. The zero-order chi connectivity index (χ0) is 21.8. The maximum atomic E-state index is 12.6. The van der Waals surface area contributed by atoms with E-state index >= 15 is 0 Å². The second-order valence-corrected chi connectivity index (χ2v) is 7.49. The number of amides is 1. The molecule has 0 spiro atoms. The fraction of sp³-hybridized carbons (Fsp3) is 0.348. The van der Waals surface area contributed by atoms with E-state index in [9.17, 15) is 4.79 Å². The van der Waals surface area contributed by atoms with Gasteiger partial charge in [0.2, 0.25) is 11.9 Å². The molecule has 1 aliphatic rings. The number of halogens is 1. The van der Waals surface area contributed by atoms with Crippen LogP contribution in [0.3, 0.4) is 0 Å². The molecule has 1 fully saturated rings. The Balaban J connectivity index is 0.00000193. The number of hydrogen-bond donors (Lipinski definition) is 1. The van der Waals surface area contributed by atoms with Gasteiger partial charge in [-0.1, -0.05) is 30.3 Å². The van der Waals surface area contributed by atoms with Gasteiger partial charge >= 0.3 is 0 Å². The van der Waals surface area contributed by atoms with Gasteiger partial charge in [-0.3, -0.25) is 4.79 Å². The highest BCUT2D eigenvalue weighted by molar-refractivity contribution is 5.91. The molecule has 2 heterocycles. The number of benzene rings is 2. The average molecular weight is 476 g/mol. The van der Waals surface area contributed by atoms with Crippen molar-refractivity contribution in [2.45, 2.75) is 12.8 Å². The Hall–Kier alpha value is -3.30. The molecule has 0 bridgehead atoms. The van der Waals surface area contributed by atoms with Crippen LogP contribution in [0.4, 0.5) is 11.8 Å². The Bertz CT molecular complexity index is 1080. The van der Waals surface area contributed by atoms with E-state index in [2.05, 4.69) is 27.0 Å². The first-order valence-corrected chi connectivity index (χ1v) is 10.3. The van der Waals surface area contributed by atoms with Crippen molar-refractivity contribution in [2.75, 3.05) is 51.0 Å². The van der Waals surface area contributed by atoms with Crippen LogP contribution < -0.4 is 20.1 Å². The third-order valence-corrected chi connectivity index (χ3v) is 5.60. The number of methoxy groups -OCH3 is 2. The van der Waals surface area contributed by atoms with Crippen LogP contribution in [0.1, 0.15) is 12.0 Å². The summed E-state index contributed by atoms with van der Waals surface area (Å²) in [5.74, 6) is 2.31. The van der Waals surface area contributed by atoms with Crippen LogP contribution in [0.15, 0.2) is 42.5 Å². The number of ether oxygens (including phenoxy) is 2. The standard InChI is InChI=1S/C23H27N5O3.ClH.H2O/c1-30-19-14-17-18(15-20(19)31-2)25-23(26-22(17)24)28-12-10-27(11-13-28)21(29)9-8-16-6-4-3-5-7-16;;/h3-7,14-15H,8-13H2,1-2H3,(H2,24,25,26);1H;1H2. The number of aryl methyl sites for hydroxylation is 1. The molecule has 1 amide bonds. The summed E-state index contributed by atoms with van der Waals surface area (Å²) in [6.45, 7) is 2.60. The summed E-state index contributed by atoms with van der Waals surface area (Å²) in [4.78, 5) is 25.8. The Kier molecular flexibility index (Phi) is 9.07. The van der Waals surface area contributed by atoms with E-state index in [-0.39, 0.29) is 23.8 Å². The van der Waals surface area contributed by atoms with Crippen molar-refractivity contribution in [3.05, 3.63) is 48.0 Å². The number of carbonyl (C=O) groups excluding carboxylic acids is 1. The van der Waals surface area contributed by atoms with Crippen molar-refractivity contribution in [1.29, 1.82) is 0 Å². The smallest absolute Gasteiger partial charge is 0.228 e. The molecule has 0 radical (unpaired) electrons. The van der Waals surface area contributed by atoms with Gasteiger partial charge < -0.3 is 30.5 Å². The molecule has 2 aromatic carbocycles. The van der Waals surface area contributed by atoms with Crippen molar-refractivity contribution in [3.8, 4) is 11.5 Å². The first kappa shape index (κ1) is 26.0. The predicted octanol–water partition coefficient (Wildman–Crippen LogP) is 2.11. The monoisotopic (exact) mass is 475 g/mol. The number of piperazine rings is 1. The number of rotatable bonds is 6. The summed E-state index contributed by atoms with van der Waals surface area (Å²) >= 11 is 0. The number of nitrogens with two attached hydrogens (primary N) is 1. The molecule has 4 rings (SSSR count). The lowest BCUT2D eigenvalue weighted by atomic mass is 10.1. The Morgan fingerprint density at radius 3 is 2.27 bits per heavy atom. The van der Waals surface area contributed by atoms with Gasteiger partial charge in [-0.15, -0.1) is 12.4 Å². The third-order valence-electron chi connectivity index (χ3n) is 5.60. The van der Waals surface area contributed by atoms with Crippen molar-refractivity contribution < 1.29 is 19.7 Å². The zero-order valence-electron chi connectivity index (χ0n) is 18.8. The number of aromatic nitrogens is 2. The van der Waals surface area contributed by atoms with E-state index in [1.54, 1.807) is 26.4 Å². The summed E-state index contributed by atoms with van der Waals surface area (Å²) < 4.78 is 10.7. The zero-order valence-corrected chi connectivity index (χ0v) is 19.6. The summed E-state index contributed by atoms with van der Waals surface area (Å²) in [7, 11) is 3.17. The molecule has 0 saturated carbocycles. The first-order valence-electron chi connectivity index (χ1n) is 10.3. The van der Waals surface area contributed by atoms with Gasteiger partial charge in [0.05, 0.1) is 19.7 Å². The lowest BCUT2D eigenvalue weighted by Crippen LogP contribution is -2.49. The molecule has 4 N–H and O–H groups in total. The second-order valence-electron chi connectivity index (χ2n) is 7.49. The lowest BCUT2D eigenvalue weighted by Gasteiger charge is -2.35. The van der Waals surface area contributed by atoms with Gasteiger partial charge in [-0.2, -0.15) is 4.98 Å². The van der Waals surface area contributed by atoms with E-state index < -0.39 is 0 Å². The predicted molar refractivity (Wildman–Crippen MR) is 131 cm³/mol. The SMILES string of the molecule is COc1cc2nc(N3CCN(C(=O)CCc4ccccc4)CC3)nc(N)c2cc1OC.Cl.O. The molecule has 1 aromatic heterocycles. The number of anilines is 2. The minimum absolute atomic E-state index is 0. The van der Waals surface area contributed by atoms with Gasteiger partial charge in [0.15, 0.2) is 11.5 Å². The number of nitrogens with zero attached hydrogens (tertiary/aromatic N) is 4. The highest BCUT2D eigenvalue weighted by atomic mass is 35.5. The normalized spacial score (nSPS) is 13.2. The maximum Gasteiger partial charge on any atom is 0.228 e. The highest BCUT2D eigenvalue weighted by Crippen LogP contribution is 2.34. The second kappa shape index (κ2) is 11.5. The summed E-state index contributed by atoms with van der Waals surface area (Å²) in [6.07, 6.45) is 1.28. The van der Waals surface area contributed by atoms with Gasteiger partial charge in [-0.25, -0.2) is 4.98 Å². The fourth-order valence-electron chi connectivity index (χ4n) is 3.82. The lowest BCUT2D eigenvalue weighted by molar-refractivity contribution is -0.131. The van der Waals surface area contributed by atoms with Crippen LogP contribution in [0, 0.1) is 0 Å². The minimum Gasteiger partial charge on any atom is -0.493 e. The van der Waals surface area contributed by atoms with E-state index in [0.29, 0.717) is 61.4 Å². The van der Waals surface area contributed by atoms with Gasteiger partial charge in [0.25, 0.3) is 0 Å². The third kappa shape index (κ3) is 5.74. The molecule has 1 aliphatic heterocycles. The molecule has 0 aliphatic carbocycles. The van der Waals surface area contributed by atoms with Crippen LogP contribution in [-0.4, -0.2) is 66.6 Å². The molecule has 178 valence electrons. The molecular formula is C23H30ClN5O4. The van der Waals surface area contributed by atoms with Crippen molar-refractivity contribution in [3.63, 3.8) is 0 Å². The van der Waals surface area contributed by atoms with Crippen LogP contribution in [0.5, 0.6) is 11.5 Å². The first-order chi connectivity index (χ1) is 15.1. The maximum absolute atomic E-state index is 12.6. The Labute approximate surface area is 199 Å². The minimum atomic E-state index is 0. The largest absolute Gasteiger partial charge is 0.493 e. The molecule has 1 saturated heterocycles. The molecule has 0 unspecified atom stereocenters. The van der Waals surface area contributed by atoms with Gasteiger partial charge in [0.1, 0.15) is 5.82 Å². The molecule has 9 nitrogen and oxygen atoms in total.